The Labute approximate surface area is 109 Å². The van der Waals surface area contributed by atoms with Crippen molar-refractivity contribution in [3.63, 3.8) is 0 Å². The number of imide groups is 1. The average Bonchev–Trinajstić information content (AvgIpc) is 2.40. The Kier molecular flexibility index (Phi) is 3.47. The molecule has 1 aromatic rings. The largest absolute Gasteiger partial charge is 0.372 e. The molecule has 1 aromatic carbocycles. The van der Waals surface area contributed by atoms with Gasteiger partial charge in [-0.1, -0.05) is 6.07 Å². The zero-order valence-corrected chi connectivity index (χ0v) is 10.3. The quantitative estimate of drug-likeness (QED) is 0.813. The van der Waals surface area contributed by atoms with E-state index in [0.717, 1.165) is 4.90 Å². The summed E-state index contributed by atoms with van der Waals surface area (Å²) in [7, 11) is 1.41. The number of amides is 2. The fourth-order valence-electron chi connectivity index (χ4n) is 2.00. The second kappa shape index (κ2) is 5.06. The van der Waals surface area contributed by atoms with Crippen molar-refractivity contribution in [1.29, 1.82) is 5.26 Å². The molecule has 1 aliphatic heterocycles. The number of piperidine rings is 1. The van der Waals surface area contributed by atoms with Crippen LogP contribution in [0, 0.1) is 17.1 Å². The number of hydrogen-bond acceptors (Lipinski definition) is 4. The van der Waals surface area contributed by atoms with E-state index in [1.807, 2.05) is 0 Å². The highest BCUT2D eigenvalue weighted by Crippen LogP contribution is 2.22. The number of nitrogens with one attached hydrogen (secondary N) is 1. The molecule has 0 radical (unpaired) electrons. The summed E-state index contributed by atoms with van der Waals surface area (Å²) in [6.45, 7) is 0. The first-order valence-corrected chi connectivity index (χ1v) is 5.80. The normalized spacial score (nSPS) is 19.2. The fraction of sp³-hybridized carbons (Fsp3) is 0.308. The van der Waals surface area contributed by atoms with Gasteiger partial charge in [-0.2, -0.15) is 5.26 Å². The molecule has 1 heterocycles. The number of rotatable bonds is 2. The predicted molar refractivity (Wildman–Crippen MR) is 65.5 cm³/mol. The predicted octanol–water partition coefficient (Wildman–Crippen LogP) is 1.26. The first kappa shape index (κ1) is 13.0. The van der Waals surface area contributed by atoms with Gasteiger partial charge < -0.3 is 5.32 Å². The Hall–Kier alpha value is -2.42. The van der Waals surface area contributed by atoms with Gasteiger partial charge in [0.15, 0.2) is 0 Å². The number of likely N-dealkylation sites (tertiary alicyclic amines) is 1. The van der Waals surface area contributed by atoms with Gasteiger partial charge >= 0.3 is 0 Å². The Morgan fingerprint density at radius 1 is 1.47 bits per heavy atom. The second-order valence-corrected chi connectivity index (χ2v) is 4.30. The van der Waals surface area contributed by atoms with E-state index in [4.69, 9.17) is 5.26 Å². The summed E-state index contributed by atoms with van der Waals surface area (Å²) in [5.74, 6) is -1.24. The molecule has 0 spiro atoms. The SMILES string of the molecule is CN1C(=O)CCC(Nc2cccc(F)c2C#N)C1=O. The maximum Gasteiger partial charge on any atom is 0.251 e. The molecule has 1 atom stereocenters. The minimum atomic E-state index is -0.639. The highest BCUT2D eigenvalue weighted by molar-refractivity contribution is 6.01. The molecule has 1 saturated heterocycles. The molecule has 5 nitrogen and oxygen atoms in total. The maximum atomic E-state index is 13.4. The van der Waals surface area contributed by atoms with Crippen molar-refractivity contribution in [2.45, 2.75) is 18.9 Å². The molecule has 1 aliphatic rings. The van der Waals surface area contributed by atoms with Crippen LogP contribution in [0.25, 0.3) is 0 Å². The number of carbonyl (C=O) groups is 2. The summed E-state index contributed by atoms with van der Waals surface area (Å²) >= 11 is 0. The van der Waals surface area contributed by atoms with Crippen LogP contribution in [0.5, 0.6) is 0 Å². The lowest BCUT2D eigenvalue weighted by Crippen LogP contribution is -2.48. The Balaban J connectivity index is 2.23. The van der Waals surface area contributed by atoms with E-state index in [2.05, 4.69) is 5.32 Å². The molecule has 1 fully saturated rings. The van der Waals surface area contributed by atoms with Crippen LogP contribution in [-0.4, -0.2) is 29.8 Å². The third-order valence-electron chi connectivity index (χ3n) is 3.10. The van der Waals surface area contributed by atoms with Crippen LogP contribution in [0.3, 0.4) is 0 Å². The van der Waals surface area contributed by atoms with Crippen LogP contribution in [0.2, 0.25) is 0 Å². The molecule has 0 bridgehead atoms. The highest BCUT2D eigenvalue weighted by Gasteiger charge is 2.32. The van der Waals surface area contributed by atoms with Gasteiger partial charge in [0.05, 0.1) is 5.69 Å². The zero-order valence-electron chi connectivity index (χ0n) is 10.3. The molecule has 0 saturated carbocycles. The van der Waals surface area contributed by atoms with E-state index < -0.39 is 11.9 Å². The topological polar surface area (TPSA) is 73.2 Å². The number of carbonyl (C=O) groups excluding carboxylic acids is 2. The van der Waals surface area contributed by atoms with Crippen LogP contribution < -0.4 is 5.32 Å². The summed E-state index contributed by atoms with van der Waals surface area (Å²) in [6.07, 6.45) is 0.584. The monoisotopic (exact) mass is 261 g/mol. The van der Waals surface area contributed by atoms with Crippen molar-refractivity contribution in [2.75, 3.05) is 12.4 Å². The summed E-state index contributed by atoms with van der Waals surface area (Å²) in [6, 6.07) is 5.32. The van der Waals surface area contributed by atoms with Crippen LogP contribution in [0.1, 0.15) is 18.4 Å². The molecule has 1 unspecified atom stereocenters. The van der Waals surface area contributed by atoms with Gasteiger partial charge in [0, 0.05) is 13.5 Å². The highest BCUT2D eigenvalue weighted by atomic mass is 19.1. The van der Waals surface area contributed by atoms with Crippen molar-refractivity contribution >= 4 is 17.5 Å². The van der Waals surface area contributed by atoms with E-state index in [9.17, 15) is 14.0 Å². The van der Waals surface area contributed by atoms with Crippen LogP contribution in [-0.2, 0) is 9.59 Å². The van der Waals surface area contributed by atoms with Gasteiger partial charge in [-0.3, -0.25) is 14.5 Å². The number of nitriles is 1. The third-order valence-corrected chi connectivity index (χ3v) is 3.10. The van der Waals surface area contributed by atoms with Crippen LogP contribution in [0.15, 0.2) is 18.2 Å². The summed E-state index contributed by atoms with van der Waals surface area (Å²) < 4.78 is 13.4. The molecule has 6 heteroatoms. The maximum absolute atomic E-state index is 13.4. The van der Waals surface area contributed by atoms with E-state index in [0.29, 0.717) is 6.42 Å². The van der Waals surface area contributed by atoms with E-state index >= 15 is 0 Å². The summed E-state index contributed by atoms with van der Waals surface area (Å²) in [5, 5.41) is 11.7. The van der Waals surface area contributed by atoms with Crippen LogP contribution in [0.4, 0.5) is 10.1 Å². The lowest BCUT2D eigenvalue weighted by atomic mass is 10.0. The molecule has 1 N–H and O–H groups in total. The van der Waals surface area contributed by atoms with E-state index in [-0.39, 0.29) is 29.5 Å². The van der Waals surface area contributed by atoms with Gasteiger partial charge in [-0.05, 0) is 18.6 Å². The van der Waals surface area contributed by atoms with Crippen molar-refractivity contribution in [1.82, 2.24) is 4.90 Å². The number of likely N-dealkylation sites (N-methyl/N-ethyl adjacent to an activating group) is 1. The zero-order chi connectivity index (χ0) is 14.0. The standard InChI is InChI=1S/C13H12FN3O2/c1-17-12(18)6-5-11(13(17)19)16-10-4-2-3-9(14)8(10)7-15/h2-4,11,16H,5-6H2,1H3. The lowest BCUT2D eigenvalue weighted by molar-refractivity contribution is -0.146. The van der Waals surface area contributed by atoms with E-state index in [1.165, 1.54) is 25.2 Å². The second-order valence-electron chi connectivity index (χ2n) is 4.30. The van der Waals surface area contributed by atoms with Gasteiger partial charge in [0.1, 0.15) is 23.5 Å². The van der Waals surface area contributed by atoms with Crippen molar-refractivity contribution in [3.05, 3.63) is 29.6 Å². The Morgan fingerprint density at radius 2 is 2.21 bits per heavy atom. The molecule has 0 aliphatic carbocycles. The lowest BCUT2D eigenvalue weighted by Gasteiger charge is -2.29. The number of hydrogen-bond donors (Lipinski definition) is 1. The number of nitrogens with zero attached hydrogens (tertiary/aromatic N) is 2. The third kappa shape index (κ3) is 2.40. The minimum Gasteiger partial charge on any atom is -0.372 e. The number of anilines is 1. The molecule has 2 rings (SSSR count). The summed E-state index contributed by atoms with van der Waals surface area (Å²) in [4.78, 5) is 24.3. The average molecular weight is 261 g/mol. The van der Waals surface area contributed by atoms with Crippen LogP contribution >= 0.6 is 0 Å². The molecular weight excluding hydrogens is 249 g/mol. The molecular formula is C13H12FN3O2. The smallest absolute Gasteiger partial charge is 0.251 e. The van der Waals surface area contributed by atoms with Gasteiger partial charge in [0.25, 0.3) is 5.91 Å². The molecule has 98 valence electrons. The van der Waals surface area contributed by atoms with Crippen molar-refractivity contribution in [3.8, 4) is 6.07 Å². The minimum absolute atomic E-state index is 0.130. The Morgan fingerprint density at radius 3 is 2.89 bits per heavy atom. The molecule has 19 heavy (non-hydrogen) atoms. The van der Waals surface area contributed by atoms with Crippen molar-refractivity contribution < 1.29 is 14.0 Å². The van der Waals surface area contributed by atoms with Gasteiger partial charge in [-0.25, -0.2) is 4.39 Å². The summed E-state index contributed by atoms with van der Waals surface area (Å²) in [5.41, 5.74) is 0.137. The van der Waals surface area contributed by atoms with Gasteiger partial charge in [-0.15, -0.1) is 0 Å². The molecule has 0 aromatic heterocycles. The molecule has 2 amide bonds. The van der Waals surface area contributed by atoms with Crippen molar-refractivity contribution in [2.24, 2.45) is 0 Å². The van der Waals surface area contributed by atoms with E-state index in [1.54, 1.807) is 6.07 Å². The Bertz CT molecular complexity index is 580. The first-order valence-electron chi connectivity index (χ1n) is 5.80. The number of benzene rings is 1. The first-order chi connectivity index (χ1) is 9.04. The number of halogens is 1. The fourth-order valence-corrected chi connectivity index (χ4v) is 2.00. The van der Waals surface area contributed by atoms with Gasteiger partial charge in [0.2, 0.25) is 5.91 Å².